The Bertz CT molecular complexity index is 425. The molecule has 1 fully saturated rings. The van der Waals surface area contributed by atoms with Crippen molar-refractivity contribution in [2.75, 3.05) is 19.8 Å². The molecule has 0 aromatic heterocycles. The molecule has 1 aromatic rings. The third-order valence-corrected chi connectivity index (χ3v) is 3.36. The first kappa shape index (κ1) is 12.9. The van der Waals surface area contributed by atoms with Crippen molar-refractivity contribution in [3.05, 3.63) is 29.3 Å². The summed E-state index contributed by atoms with van der Waals surface area (Å²) in [6, 6.07) is 4.99. The van der Waals surface area contributed by atoms with Crippen LogP contribution in [0.4, 0.5) is 0 Å². The molecule has 0 aliphatic carbocycles. The SMILES string of the molecule is Cc1ccc(C(=O)NCC2CCOCC2)cc1O. The number of rotatable bonds is 3. The summed E-state index contributed by atoms with van der Waals surface area (Å²) in [7, 11) is 0. The van der Waals surface area contributed by atoms with Crippen LogP contribution in [0.25, 0.3) is 0 Å². The maximum Gasteiger partial charge on any atom is 0.251 e. The predicted octanol–water partition coefficient (Wildman–Crippen LogP) is 1.86. The molecule has 1 aromatic carbocycles. The zero-order chi connectivity index (χ0) is 13.0. The second kappa shape index (κ2) is 5.87. The molecule has 0 spiro atoms. The molecule has 1 heterocycles. The van der Waals surface area contributed by atoms with E-state index in [4.69, 9.17) is 4.74 Å². The Morgan fingerprint density at radius 3 is 2.83 bits per heavy atom. The monoisotopic (exact) mass is 249 g/mol. The van der Waals surface area contributed by atoms with E-state index < -0.39 is 0 Å². The molecule has 1 aliphatic rings. The average molecular weight is 249 g/mol. The van der Waals surface area contributed by atoms with Crippen LogP contribution < -0.4 is 5.32 Å². The molecule has 1 amide bonds. The molecule has 0 atom stereocenters. The van der Waals surface area contributed by atoms with Gasteiger partial charge >= 0.3 is 0 Å². The smallest absolute Gasteiger partial charge is 0.251 e. The molecule has 2 rings (SSSR count). The Labute approximate surface area is 107 Å². The summed E-state index contributed by atoms with van der Waals surface area (Å²) >= 11 is 0. The average Bonchev–Trinajstić information content (AvgIpc) is 2.40. The summed E-state index contributed by atoms with van der Waals surface area (Å²) in [6.45, 7) is 4.05. The van der Waals surface area contributed by atoms with Crippen LogP contribution in [-0.2, 0) is 4.74 Å². The van der Waals surface area contributed by atoms with Crippen molar-refractivity contribution in [2.24, 2.45) is 5.92 Å². The van der Waals surface area contributed by atoms with Crippen LogP contribution in [0.5, 0.6) is 5.75 Å². The van der Waals surface area contributed by atoms with Crippen LogP contribution in [0.15, 0.2) is 18.2 Å². The predicted molar refractivity (Wildman–Crippen MR) is 68.7 cm³/mol. The lowest BCUT2D eigenvalue weighted by Gasteiger charge is -2.22. The van der Waals surface area contributed by atoms with Crippen molar-refractivity contribution in [1.29, 1.82) is 0 Å². The van der Waals surface area contributed by atoms with Crippen LogP contribution in [0.1, 0.15) is 28.8 Å². The van der Waals surface area contributed by atoms with Gasteiger partial charge in [0.05, 0.1) is 0 Å². The van der Waals surface area contributed by atoms with E-state index >= 15 is 0 Å². The van der Waals surface area contributed by atoms with E-state index in [-0.39, 0.29) is 11.7 Å². The van der Waals surface area contributed by atoms with E-state index in [2.05, 4.69) is 5.32 Å². The maximum absolute atomic E-state index is 11.9. The van der Waals surface area contributed by atoms with E-state index in [1.807, 2.05) is 0 Å². The van der Waals surface area contributed by atoms with Crippen LogP contribution in [0, 0.1) is 12.8 Å². The van der Waals surface area contributed by atoms with Crippen molar-refractivity contribution >= 4 is 5.91 Å². The van der Waals surface area contributed by atoms with Gasteiger partial charge in [0, 0.05) is 25.3 Å². The molecular weight excluding hydrogens is 230 g/mol. The minimum absolute atomic E-state index is 0.128. The van der Waals surface area contributed by atoms with Gasteiger partial charge in [0.1, 0.15) is 5.75 Å². The Morgan fingerprint density at radius 2 is 2.17 bits per heavy atom. The van der Waals surface area contributed by atoms with Crippen LogP contribution in [0.2, 0.25) is 0 Å². The number of phenols is 1. The largest absolute Gasteiger partial charge is 0.508 e. The Kier molecular flexibility index (Phi) is 4.20. The van der Waals surface area contributed by atoms with Gasteiger partial charge in [-0.15, -0.1) is 0 Å². The van der Waals surface area contributed by atoms with Crippen molar-refractivity contribution < 1.29 is 14.6 Å². The first-order valence-corrected chi connectivity index (χ1v) is 6.32. The highest BCUT2D eigenvalue weighted by Gasteiger charge is 2.15. The lowest BCUT2D eigenvalue weighted by Crippen LogP contribution is -2.32. The number of aromatic hydroxyl groups is 1. The van der Waals surface area contributed by atoms with E-state index in [0.29, 0.717) is 18.0 Å². The zero-order valence-electron chi connectivity index (χ0n) is 10.6. The number of benzene rings is 1. The minimum atomic E-state index is -0.128. The molecule has 18 heavy (non-hydrogen) atoms. The fourth-order valence-corrected chi connectivity index (χ4v) is 2.04. The second-order valence-electron chi connectivity index (χ2n) is 4.77. The molecule has 0 bridgehead atoms. The zero-order valence-corrected chi connectivity index (χ0v) is 10.6. The van der Waals surface area contributed by atoms with Gasteiger partial charge < -0.3 is 15.2 Å². The number of phenolic OH excluding ortho intramolecular Hbond substituents is 1. The highest BCUT2D eigenvalue weighted by atomic mass is 16.5. The molecule has 1 saturated heterocycles. The summed E-state index contributed by atoms with van der Waals surface area (Å²) in [4.78, 5) is 11.9. The fraction of sp³-hybridized carbons (Fsp3) is 0.500. The van der Waals surface area contributed by atoms with Gasteiger partial charge in [-0.05, 0) is 43.4 Å². The van der Waals surface area contributed by atoms with Crippen LogP contribution in [-0.4, -0.2) is 30.8 Å². The first-order valence-electron chi connectivity index (χ1n) is 6.32. The van der Waals surface area contributed by atoms with E-state index in [0.717, 1.165) is 31.6 Å². The third kappa shape index (κ3) is 3.23. The summed E-state index contributed by atoms with van der Waals surface area (Å²) in [5.74, 6) is 0.534. The van der Waals surface area contributed by atoms with Crippen molar-refractivity contribution in [3.8, 4) is 5.75 Å². The van der Waals surface area contributed by atoms with Crippen LogP contribution in [0.3, 0.4) is 0 Å². The molecule has 1 aliphatic heterocycles. The Morgan fingerprint density at radius 1 is 1.44 bits per heavy atom. The normalized spacial score (nSPS) is 16.5. The number of aryl methyl sites for hydroxylation is 1. The maximum atomic E-state index is 11.9. The molecule has 98 valence electrons. The van der Waals surface area contributed by atoms with Gasteiger partial charge in [0.15, 0.2) is 0 Å². The van der Waals surface area contributed by atoms with Gasteiger partial charge in [-0.2, -0.15) is 0 Å². The summed E-state index contributed by atoms with van der Waals surface area (Å²) in [5.41, 5.74) is 1.28. The quantitative estimate of drug-likeness (QED) is 0.859. The molecule has 0 unspecified atom stereocenters. The van der Waals surface area contributed by atoms with Crippen LogP contribution >= 0.6 is 0 Å². The number of ether oxygens (including phenoxy) is 1. The number of carbonyl (C=O) groups excluding carboxylic acids is 1. The Balaban J connectivity index is 1.88. The van der Waals surface area contributed by atoms with E-state index in [9.17, 15) is 9.90 Å². The van der Waals surface area contributed by atoms with E-state index in [1.54, 1.807) is 19.1 Å². The summed E-state index contributed by atoms with van der Waals surface area (Å²) < 4.78 is 5.27. The summed E-state index contributed by atoms with van der Waals surface area (Å²) in [5, 5.41) is 12.5. The van der Waals surface area contributed by atoms with E-state index in [1.165, 1.54) is 6.07 Å². The standard InChI is InChI=1S/C14H19NO3/c1-10-2-3-12(8-13(10)16)14(17)15-9-11-4-6-18-7-5-11/h2-3,8,11,16H,4-7,9H2,1H3,(H,15,17). The minimum Gasteiger partial charge on any atom is -0.508 e. The van der Waals surface area contributed by atoms with Crippen molar-refractivity contribution in [2.45, 2.75) is 19.8 Å². The topological polar surface area (TPSA) is 58.6 Å². The molecule has 0 radical (unpaired) electrons. The first-order chi connectivity index (χ1) is 8.66. The van der Waals surface area contributed by atoms with Gasteiger partial charge in [-0.3, -0.25) is 4.79 Å². The number of carbonyl (C=O) groups is 1. The van der Waals surface area contributed by atoms with Gasteiger partial charge in [0.2, 0.25) is 0 Å². The van der Waals surface area contributed by atoms with Gasteiger partial charge in [0.25, 0.3) is 5.91 Å². The second-order valence-corrected chi connectivity index (χ2v) is 4.77. The lowest BCUT2D eigenvalue weighted by atomic mass is 10.0. The molecule has 0 saturated carbocycles. The molecule has 2 N–H and O–H groups in total. The highest BCUT2D eigenvalue weighted by molar-refractivity contribution is 5.94. The van der Waals surface area contributed by atoms with Gasteiger partial charge in [-0.25, -0.2) is 0 Å². The fourth-order valence-electron chi connectivity index (χ4n) is 2.04. The molecule has 4 heteroatoms. The molecule has 4 nitrogen and oxygen atoms in total. The highest BCUT2D eigenvalue weighted by Crippen LogP contribution is 2.18. The third-order valence-electron chi connectivity index (χ3n) is 3.36. The number of amides is 1. The van der Waals surface area contributed by atoms with Crippen molar-refractivity contribution in [1.82, 2.24) is 5.32 Å². The number of hydrogen-bond donors (Lipinski definition) is 2. The lowest BCUT2D eigenvalue weighted by molar-refractivity contribution is 0.0642. The summed E-state index contributed by atoms with van der Waals surface area (Å²) in [6.07, 6.45) is 2.00. The Hall–Kier alpha value is -1.55. The number of nitrogens with one attached hydrogen (secondary N) is 1. The van der Waals surface area contributed by atoms with Crippen molar-refractivity contribution in [3.63, 3.8) is 0 Å². The molecular formula is C14H19NO3. The van der Waals surface area contributed by atoms with Gasteiger partial charge in [-0.1, -0.05) is 6.07 Å². The number of hydrogen-bond acceptors (Lipinski definition) is 3.